The van der Waals surface area contributed by atoms with Crippen LogP contribution in [0.5, 0.6) is 0 Å². The lowest BCUT2D eigenvalue weighted by molar-refractivity contribution is -0.191. The number of aliphatic hydroxyl groups is 2. The first-order valence-electron chi connectivity index (χ1n) is 28.5. The smallest absolute Gasteiger partial charge is 0.399 e. The van der Waals surface area contributed by atoms with E-state index in [4.69, 9.17) is 18.9 Å². The zero-order valence-corrected chi connectivity index (χ0v) is 50.4. The maximum absolute atomic E-state index is 10.7. The second-order valence-electron chi connectivity index (χ2n) is 22.7. The van der Waals surface area contributed by atoms with Gasteiger partial charge in [0, 0.05) is 10.8 Å². The minimum Gasteiger partial charge on any atom is -0.399 e. The molecule has 1 aliphatic rings. The van der Waals surface area contributed by atoms with E-state index >= 15 is 0 Å². The first-order valence-corrected chi connectivity index (χ1v) is 28.5. The summed E-state index contributed by atoms with van der Waals surface area (Å²) in [4.78, 5) is 16.2. The van der Waals surface area contributed by atoms with E-state index in [1.807, 2.05) is 39.8 Å². The van der Waals surface area contributed by atoms with Crippen LogP contribution in [0.2, 0.25) is 0 Å². The predicted molar refractivity (Wildman–Crippen MR) is 322 cm³/mol. The molecule has 0 bridgehead atoms. The lowest BCUT2D eigenvalue weighted by atomic mass is 9.66. The fraction of sp³-hybridized carbons (Fsp3) is 0.493. The van der Waals surface area contributed by atoms with Crippen molar-refractivity contribution in [3.8, 4) is 11.1 Å². The number of rotatable bonds is 19. The summed E-state index contributed by atoms with van der Waals surface area (Å²) in [6.45, 7) is 41.3. The highest BCUT2D eigenvalue weighted by Gasteiger charge is 2.52. The Morgan fingerprint density at radius 3 is 1.11 bits per heavy atom. The lowest BCUT2D eigenvalue weighted by Gasteiger charge is -2.35. The summed E-state index contributed by atoms with van der Waals surface area (Å²) in [6.07, 6.45) is 16.4. The van der Waals surface area contributed by atoms with Gasteiger partial charge in [0.25, 0.3) is 0 Å². The second kappa shape index (κ2) is 26.5. The van der Waals surface area contributed by atoms with Crippen LogP contribution in [0.4, 0.5) is 0 Å². The molecule has 0 unspecified atom stereocenters. The monoisotopic (exact) mass is 1030 g/mol. The molecule has 0 aliphatic carbocycles. The van der Waals surface area contributed by atoms with Gasteiger partial charge in [-0.15, -0.1) is 0 Å². The summed E-state index contributed by atoms with van der Waals surface area (Å²) >= 11 is 0. The second-order valence-corrected chi connectivity index (χ2v) is 22.7. The van der Waals surface area contributed by atoms with Crippen molar-refractivity contribution in [1.82, 2.24) is 0 Å². The molecule has 5 aromatic carbocycles. The topological polar surface area (TPSA) is 93.1 Å². The molecule has 1 heterocycles. The van der Waals surface area contributed by atoms with Crippen LogP contribution >= 0.6 is 0 Å². The molecule has 1 fully saturated rings. The summed E-state index contributed by atoms with van der Waals surface area (Å²) in [7, 11) is -0.352. The van der Waals surface area contributed by atoms with Crippen molar-refractivity contribution in [2.45, 2.75) is 223 Å². The van der Waals surface area contributed by atoms with Gasteiger partial charge in [-0.25, -0.2) is 0 Å². The quantitative estimate of drug-likeness (QED) is 0.0801. The third-order valence-corrected chi connectivity index (χ3v) is 18.0. The van der Waals surface area contributed by atoms with E-state index in [0.717, 1.165) is 56.0 Å². The molecule has 2 N–H and O–H groups in total. The normalized spacial score (nSPS) is 14.6. The average molecular weight is 1030 g/mol. The van der Waals surface area contributed by atoms with Gasteiger partial charge in [-0.3, -0.25) is 0 Å². The van der Waals surface area contributed by atoms with E-state index in [1.54, 1.807) is 0 Å². The molecule has 0 amide bonds. The summed E-state index contributed by atoms with van der Waals surface area (Å²) < 4.78 is 12.8. The van der Waals surface area contributed by atoms with Gasteiger partial charge in [0.1, 0.15) is 0 Å². The van der Waals surface area contributed by atoms with Crippen molar-refractivity contribution in [3.63, 3.8) is 0 Å². The van der Waals surface area contributed by atoms with Gasteiger partial charge in [0.2, 0.25) is 0 Å². The Morgan fingerprint density at radius 1 is 0.474 bits per heavy atom. The average Bonchev–Trinajstić information content (AvgIpc) is 3.61. The molecule has 76 heavy (non-hydrogen) atoms. The minimum atomic E-state index is -0.740. The maximum Gasteiger partial charge on any atom is 0.495 e. The Bertz CT molecular complexity index is 2740. The molecule has 0 atom stereocenters. The maximum atomic E-state index is 10.7. The van der Waals surface area contributed by atoms with Crippen molar-refractivity contribution in [3.05, 3.63) is 169 Å². The summed E-state index contributed by atoms with van der Waals surface area (Å²) in [5.41, 5.74) is 18.3. The van der Waals surface area contributed by atoms with Crippen LogP contribution < -0.4 is 5.46 Å². The molecule has 6 rings (SSSR count). The van der Waals surface area contributed by atoms with Crippen LogP contribution in [-0.2, 0) is 36.1 Å². The molecule has 1 aliphatic heterocycles. The molecule has 0 aromatic heterocycles. The Labute approximate surface area is 461 Å². The van der Waals surface area contributed by atoms with Crippen molar-refractivity contribution in [2.75, 3.05) is 0 Å². The fourth-order valence-electron chi connectivity index (χ4n) is 11.4. The number of benzene rings is 5. The summed E-state index contributed by atoms with van der Waals surface area (Å²) in [5, 5.41) is 21.4. The van der Waals surface area contributed by atoms with E-state index in [2.05, 4.69) is 201 Å². The molecule has 7 heteroatoms. The summed E-state index contributed by atoms with van der Waals surface area (Å²) in [6, 6.07) is 32.4. The van der Waals surface area contributed by atoms with Gasteiger partial charge in [0.05, 0.1) is 22.4 Å². The molecular formula is C69H95BO6. The van der Waals surface area contributed by atoms with E-state index < -0.39 is 11.2 Å². The van der Waals surface area contributed by atoms with Crippen LogP contribution in [0.1, 0.15) is 214 Å². The van der Waals surface area contributed by atoms with Crippen molar-refractivity contribution < 1.29 is 29.1 Å². The van der Waals surface area contributed by atoms with Crippen molar-refractivity contribution >= 4 is 30.9 Å². The van der Waals surface area contributed by atoms with Gasteiger partial charge >= 0.3 is 13.3 Å². The minimum absolute atomic E-state index is 0.0271. The highest BCUT2D eigenvalue weighted by atomic mass is 16.7. The zero-order chi connectivity index (χ0) is 57.0. The third kappa shape index (κ3) is 13.8. The Morgan fingerprint density at radius 2 is 0.803 bits per heavy atom. The van der Waals surface area contributed by atoms with E-state index in [9.17, 15) is 10.2 Å². The Kier molecular flexibility index (Phi) is 22.1. The standard InChI is InChI=1S/C35H46O.C33H49BO3.CO2/c1-9-28-14-16-30(17-15-28)33-26(7)23-32(24-27(33)8)35(12-4,13-5)31-19-18-29(25(6)22-31)20-21-34(36,10-2)11-3;1-12-32(35,13-2)19-18-26-16-17-27(20-23(26)5)33(14-3,15-4)28-21-24(6)29(25(7)22-28)34-36-30(8,9)31(10,11)37-34;2-1-3/h14-24,36H,9-13H2,1-8H3;16-22,35H,12-15H2,1-11H3;/b21-20+;19-18+;. The molecule has 0 saturated carbocycles. The van der Waals surface area contributed by atoms with Gasteiger partial charge in [0.15, 0.2) is 0 Å². The number of hydrogen-bond acceptors (Lipinski definition) is 6. The SMILES string of the molecule is CCC(O)(/C=C/c1ccc(C(CC)(CC)c2cc(C)c(B3OC(C)(C)C(C)(C)O3)c(C)c2)cc1C)CC.CCc1ccc(-c2c(C)cc(C(CC)(CC)c3ccc(/C=C/C(O)(CC)CC)c(C)c3)cc2C)cc1.O=C=O. The van der Waals surface area contributed by atoms with E-state index in [1.165, 1.54) is 77.9 Å². The highest BCUT2D eigenvalue weighted by Crippen LogP contribution is 2.44. The first kappa shape index (κ1) is 63.4. The molecule has 5 aromatic rings. The molecule has 410 valence electrons. The predicted octanol–water partition coefficient (Wildman–Crippen LogP) is 16.5. The highest BCUT2D eigenvalue weighted by molar-refractivity contribution is 6.63. The molecule has 6 nitrogen and oxygen atoms in total. The largest absolute Gasteiger partial charge is 0.495 e. The van der Waals surface area contributed by atoms with Crippen molar-refractivity contribution in [1.29, 1.82) is 0 Å². The van der Waals surface area contributed by atoms with Crippen LogP contribution in [-0.4, -0.2) is 45.9 Å². The van der Waals surface area contributed by atoms with Crippen LogP contribution in [0.25, 0.3) is 23.3 Å². The molecule has 1 saturated heterocycles. The Balaban J connectivity index is 0.000000312. The third-order valence-electron chi connectivity index (χ3n) is 18.0. The molecule has 0 spiro atoms. The molecular weight excluding hydrogens is 936 g/mol. The number of carbonyl (C=O) groups excluding carboxylic acids is 2. The Hall–Kier alpha value is -5.14. The summed E-state index contributed by atoms with van der Waals surface area (Å²) in [5.74, 6) is 0. The van der Waals surface area contributed by atoms with Crippen LogP contribution in [0, 0.1) is 41.5 Å². The van der Waals surface area contributed by atoms with Crippen molar-refractivity contribution in [2.24, 2.45) is 0 Å². The lowest BCUT2D eigenvalue weighted by Crippen LogP contribution is -2.41. The molecule has 0 radical (unpaired) electrons. The first-order chi connectivity index (χ1) is 35.8. The van der Waals surface area contributed by atoms with Gasteiger partial charge in [-0.2, -0.15) is 9.59 Å². The van der Waals surface area contributed by atoms with Gasteiger partial charge < -0.3 is 19.5 Å². The number of hydrogen-bond donors (Lipinski definition) is 2. The fourth-order valence-corrected chi connectivity index (χ4v) is 11.4. The van der Waals surface area contributed by atoms with Gasteiger partial charge in [-0.1, -0.05) is 183 Å². The van der Waals surface area contributed by atoms with E-state index in [0.29, 0.717) is 12.8 Å². The van der Waals surface area contributed by atoms with Gasteiger partial charge in [-0.05, 0) is 205 Å². The zero-order valence-electron chi connectivity index (χ0n) is 50.4. The van der Waals surface area contributed by atoms with Crippen LogP contribution in [0.15, 0.2) is 97.1 Å². The van der Waals surface area contributed by atoms with Crippen LogP contribution in [0.3, 0.4) is 0 Å². The number of aryl methyl sites for hydroxylation is 7. The van der Waals surface area contributed by atoms with E-state index in [-0.39, 0.29) is 35.3 Å².